The van der Waals surface area contributed by atoms with Gasteiger partial charge < -0.3 is 5.32 Å². The van der Waals surface area contributed by atoms with Gasteiger partial charge in [-0.3, -0.25) is 0 Å². The summed E-state index contributed by atoms with van der Waals surface area (Å²) in [4.78, 5) is 10.8. The van der Waals surface area contributed by atoms with Gasteiger partial charge in [0.1, 0.15) is 22.8 Å². The fraction of sp³-hybridized carbons (Fsp3) is 0.0588. The van der Waals surface area contributed by atoms with Gasteiger partial charge in [0.2, 0.25) is 0 Å². The first-order valence-electron chi connectivity index (χ1n) is 7.05. The Morgan fingerprint density at radius 3 is 2.61 bits per heavy atom. The summed E-state index contributed by atoms with van der Waals surface area (Å²) in [6, 6.07) is 12.6. The normalized spacial score (nSPS) is 12.4. The van der Waals surface area contributed by atoms with Crippen LogP contribution in [0, 0.1) is 5.82 Å². The van der Waals surface area contributed by atoms with E-state index in [1.807, 2.05) is 22.9 Å². The molecule has 0 spiro atoms. The number of aromatic nitrogens is 2. The van der Waals surface area contributed by atoms with Gasteiger partial charge in [0.05, 0.1) is 11.4 Å². The molecule has 1 N–H and O–H groups in total. The average molecular weight is 341 g/mol. The van der Waals surface area contributed by atoms with E-state index in [-0.39, 0.29) is 11.9 Å². The van der Waals surface area contributed by atoms with E-state index in [1.165, 1.54) is 12.1 Å². The quantitative estimate of drug-likeness (QED) is 0.561. The summed E-state index contributed by atoms with van der Waals surface area (Å²) in [5, 5.41) is 8.53. The molecule has 6 heteroatoms. The van der Waals surface area contributed by atoms with Crippen LogP contribution in [0.5, 0.6) is 0 Å². The number of hydrogen-bond donors (Lipinski definition) is 1. The highest BCUT2D eigenvalue weighted by Crippen LogP contribution is 2.32. The average Bonchev–Trinajstić information content (AvgIpc) is 3.25. The molecule has 0 aliphatic carbocycles. The van der Waals surface area contributed by atoms with Gasteiger partial charge in [-0.25, -0.2) is 14.4 Å². The highest BCUT2D eigenvalue weighted by molar-refractivity contribution is 7.16. The molecule has 3 heterocycles. The molecule has 1 atom stereocenters. The Labute approximate surface area is 140 Å². The van der Waals surface area contributed by atoms with Gasteiger partial charge >= 0.3 is 0 Å². The highest BCUT2D eigenvalue weighted by atomic mass is 32.1. The highest BCUT2D eigenvalue weighted by Gasteiger charge is 2.17. The van der Waals surface area contributed by atoms with Crippen molar-refractivity contribution < 1.29 is 4.39 Å². The summed E-state index contributed by atoms with van der Waals surface area (Å²) in [5.41, 5.74) is 0.996. The third-order valence-corrected chi connectivity index (χ3v) is 5.33. The Bertz CT molecular complexity index is 917. The van der Waals surface area contributed by atoms with Crippen LogP contribution in [0.3, 0.4) is 0 Å². The summed E-state index contributed by atoms with van der Waals surface area (Å²) in [7, 11) is 0. The van der Waals surface area contributed by atoms with Crippen molar-refractivity contribution in [1.29, 1.82) is 0 Å². The Morgan fingerprint density at radius 1 is 0.957 bits per heavy atom. The molecule has 0 bridgehead atoms. The summed E-state index contributed by atoms with van der Waals surface area (Å²) in [6.45, 7) is 0. The molecular weight excluding hydrogens is 329 g/mol. The fourth-order valence-corrected chi connectivity index (χ4v) is 4.01. The van der Waals surface area contributed by atoms with E-state index in [4.69, 9.17) is 0 Å². The summed E-state index contributed by atoms with van der Waals surface area (Å²) >= 11 is 3.25. The predicted molar refractivity (Wildman–Crippen MR) is 93.6 cm³/mol. The Balaban J connectivity index is 1.77. The van der Waals surface area contributed by atoms with E-state index in [1.54, 1.807) is 41.1 Å². The molecule has 23 heavy (non-hydrogen) atoms. The molecular formula is C17H12FN3S2. The van der Waals surface area contributed by atoms with E-state index in [0.29, 0.717) is 0 Å². The van der Waals surface area contributed by atoms with Gasteiger partial charge in [-0.15, -0.1) is 22.7 Å². The largest absolute Gasteiger partial charge is 0.358 e. The molecule has 0 aliphatic heterocycles. The molecule has 3 aromatic heterocycles. The molecule has 3 nitrogen and oxygen atoms in total. The van der Waals surface area contributed by atoms with Crippen LogP contribution in [0.2, 0.25) is 0 Å². The molecule has 0 fully saturated rings. The van der Waals surface area contributed by atoms with Crippen molar-refractivity contribution >= 4 is 38.7 Å². The minimum absolute atomic E-state index is 0.0754. The molecule has 114 valence electrons. The number of fused-ring (bicyclic) bond motifs is 1. The number of nitrogens with zero attached hydrogens (tertiary/aromatic N) is 2. The molecule has 0 aliphatic rings. The van der Waals surface area contributed by atoms with Gasteiger partial charge in [-0.05, 0) is 40.6 Å². The molecule has 0 saturated carbocycles. The van der Waals surface area contributed by atoms with E-state index in [9.17, 15) is 4.39 Å². The van der Waals surface area contributed by atoms with Crippen molar-refractivity contribution in [2.24, 2.45) is 0 Å². The van der Waals surface area contributed by atoms with Crippen LogP contribution in [0.4, 0.5) is 10.2 Å². The molecule has 0 unspecified atom stereocenters. The van der Waals surface area contributed by atoms with Gasteiger partial charge in [0.15, 0.2) is 0 Å². The van der Waals surface area contributed by atoms with E-state index >= 15 is 0 Å². The van der Waals surface area contributed by atoms with Crippen LogP contribution in [0.15, 0.2) is 59.6 Å². The SMILES string of the molecule is Fc1ccc([C@@H](Nc2ncnc3sccc23)c2cccs2)cc1. The maximum Gasteiger partial charge on any atom is 0.138 e. The van der Waals surface area contributed by atoms with Gasteiger partial charge in [-0.1, -0.05) is 18.2 Å². The molecule has 0 amide bonds. The number of halogens is 1. The minimum Gasteiger partial charge on any atom is -0.358 e. The zero-order chi connectivity index (χ0) is 15.6. The monoisotopic (exact) mass is 341 g/mol. The van der Waals surface area contributed by atoms with Crippen molar-refractivity contribution in [3.8, 4) is 0 Å². The van der Waals surface area contributed by atoms with E-state index in [0.717, 1.165) is 26.5 Å². The minimum atomic E-state index is -0.235. The van der Waals surface area contributed by atoms with Crippen LogP contribution in [0.1, 0.15) is 16.5 Å². The van der Waals surface area contributed by atoms with Crippen molar-refractivity contribution in [1.82, 2.24) is 9.97 Å². The summed E-state index contributed by atoms with van der Waals surface area (Å²) in [6.07, 6.45) is 1.57. The lowest BCUT2D eigenvalue weighted by Gasteiger charge is -2.19. The number of anilines is 1. The van der Waals surface area contributed by atoms with Crippen LogP contribution in [-0.2, 0) is 0 Å². The Hall–Kier alpha value is -2.31. The van der Waals surface area contributed by atoms with Crippen molar-refractivity contribution in [2.45, 2.75) is 6.04 Å². The zero-order valence-electron chi connectivity index (χ0n) is 11.9. The van der Waals surface area contributed by atoms with Gasteiger partial charge in [0.25, 0.3) is 0 Å². The first kappa shape index (κ1) is 14.3. The van der Waals surface area contributed by atoms with Crippen LogP contribution >= 0.6 is 22.7 Å². The molecule has 0 radical (unpaired) electrons. The van der Waals surface area contributed by atoms with E-state index < -0.39 is 0 Å². The molecule has 4 rings (SSSR count). The van der Waals surface area contributed by atoms with Gasteiger partial charge in [0, 0.05) is 4.88 Å². The van der Waals surface area contributed by atoms with Crippen LogP contribution in [0.25, 0.3) is 10.2 Å². The third kappa shape index (κ3) is 2.83. The van der Waals surface area contributed by atoms with Crippen LogP contribution in [-0.4, -0.2) is 9.97 Å². The summed E-state index contributed by atoms with van der Waals surface area (Å²) < 4.78 is 13.2. The lowest BCUT2D eigenvalue weighted by Crippen LogP contribution is -2.12. The lowest BCUT2D eigenvalue weighted by molar-refractivity contribution is 0.626. The van der Waals surface area contributed by atoms with Crippen molar-refractivity contribution in [2.75, 3.05) is 5.32 Å². The standard InChI is InChI=1S/C17H12FN3S2/c18-12-5-3-11(4-6-12)15(14-2-1-8-22-14)21-16-13-7-9-23-17(13)20-10-19-16/h1-10,15H,(H,19,20,21)/t15-/m1/s1. The van der Waals surface area contributed by atoms with Crippen LogP contribution < -0.4 is 5.32 Å². The summed E-state index contributed by atoms with van der Waals surface area (Å²) in [5.74, 6) is 0.555. The second-order valence-electron chi connectivity index (χ2n) is 5.01. The number of hydrogen-bond acceptors (Lipinski definition) is 5. The topological polar surface area (TPSA) is 37.8 Å². The number of benzene rings is 1. The second-order valence-corrected chi connectivity index (χ2v) is 6.88. The predicted octanol–water partition coefficient (Wildman–Crippen LogP) is 5.09. The maximum atomic E-state index is 13.2. The fourth-order valence-electron chi connectivity index (χ4n) is 2.47. The first-order valence-corrected chi connectivity index (χ1v) is 8.81. The van der Waals surface area contributed by atoms with Gasteiger partial charge in [-0.2, -0.15) is 0 Å². The third-order valence-electron chi connectivity index (χ3n) is 3.57. The maximum absolute atomic E-state index is 13.2. The number of rotatable bonds is 4. The first-order chi connectivity index (χ1) is 11.3. The van der Waals surface area contributed by atoms with E-state index in [2.05, 4.69) is 21.4 Å². The number of thiophene rings is 2. The lowest BCUT2D eigenvalue weighted by atomic mass is 10.1. The zero-order valence-corrected chi connectivity index (χ0v) is 13.6. The molecule has 0 saturated heterocycles. The number of nitrogens with one attached hydrogen (secondary N) is 1. The smallest absolute Gasteiger partial charge is 0.138 e. The van der Waals surface area contributed by atoms with Crippen molar-refractivity contribution in [3.05, 3.63) is 75.8 Å². The second kappa shape index (κ2) is 6.06. The molecule has 4 aromatic rings. The molecule has 1 aromatic carbocycles. The van der Waals surface area contributed by atoms with Crippen molar-refractivity contribution in [3.63, 3.8) is 0 Å². The Kier molecular flexibility index (Phi) is 3.77. The Morgan fingerprint density at radius 2 is 1.83 bits per heavy atom.